The zero-order valence-corrected chi connectivity index (χ0v) is 17.0. The molecule has 2 saturated heterocycles. The number of carbonyl (C=O) groups is 1. The monoisotopic (exact) mass is 434 g/mol. The zero-order chi connectivity index (χ0) is 21.2. The van der Waals surface area contributed by atoms with Crippen molar-refractivity contribution in [2.24, 2.45) is 11.8 Å². The molecule has 0 saturated carbocycles. The standard InChI is InChI=1S/C19H25F3N2O4S/c1-14-4-3-9-23(13-14)18(25)15-7-10-24(11-8-15)29(26,27)17-6-2-5-16(12-17)28-19(20,21)22/h2,5-6,12,14-15H,3-4,7-11,13H2,1H3. The summed E-state index contributed by atoms with van der Waals surface area (Å²) in [6.07, 6.45) is -2.00. The summed E-state index contributed by atoms with van der Waals surface area (Å²) < 4.78 is 67.9. The number of alkyl halides is 3. The fraction of sp³-hybridized carbons (Fsp3) is 0.632. The number of nitrogens with zero attached hydrogens (tertiary/aromatic N) is 2. The lowest BCUT2D eigenvalue weighted by atomic mass is 9.93. The van der Waals surface area contributed by atoms with Crippen LogP contribution < -0.4 is 4.74 Å². The Morgan fingerprint density at radius 1 is 1.14 bits per heavy atom. The molecule has 0 radical (unpaired) electrons. The Labute approximate surface area is 168 Å². The highest BCUT2D eigenvalue weighted by Gasteiger charge is 2.35. The van der Waals surface area contributed by atoms with Gasteiger partial charge in [-0.2, -0.15) is 4.31 Å². The van der Waals surface area contributed by atoms with E-state index in [-0.39, 0.29) is 29.8 Å². The lowest BCUT2D eigenvalue weighted by molar-refractivity contribution is -0.274. The number of halogens is 3. The van der Waals surface area contributed by atoms with Gasteiger partial charge in [0.2, 0.25) is 15.9 Å². The number of hydrogen-bond donors (Lipinski definition) is 0. The van der Waals surface area contributed by atoms with Crippen molar-refractivity contribution >= 4 is 15.9 Å². The van der Waals surface area contributed by atoms with Crippen LogP contribution in [0.2, 0.25) is 0 Å². The maximum absolute atomic E-state index is 12.8. The molecule has 1 atom stereocenters. The first-order chi connectivity index (χ1) is 13.6. The fourth-order valence-corrected chi connectivity index (χ4v) is 5.48. The van der Waals surface area contributed by atoms with Crippen molar-refractivity contribution in [1.29, 1.82) is 0 Å². The van der Waals surface area contributed by atoms with Gasteiger partial charge < -0.3 is 9.64 Å². The van der Waals surface area contributed by atoms with E-state index in [1.807, 2.05) is 4.90 Å². The van der Waals surface area contributed by atoms with Crippen LogP contribution >= 0.6 is 0 Å². The molecule has 1 aromatic carbocycles. The third-order valence-electron chi connectivity index (χ3n) is 5.45. The highest BCUT2D eigenvalue weighted by atomic mass is 32.2. The number of amides is 1. The van der Waals surface area contributed by atoms with E-state index in [2.05, 4.69) is 11.7 Å². The molecule has 0 bridgehead atoms. The Kier molecular flexibility index (Phi) is 6.42. The fourth-order valence-electron chi connectivity index (χ4n) is 3.97. The van der Waals surface area contributed by atoms with Gasteiger partial charge in [-0.15, -0.1) is 13.2 Å². The first-order valence-corrected chi connectivity index (χ1v) is 11.1. The van der Waals surface area contributed by atoms with Crippen molar-refractivity contribution in [3.63, 3.8) is 0 Å². The molecule has 0 N–H and O–H groups in total. The molecular formula is C19H25F3N2O4S. The second-order valence-electron chi connectivity index (χ2n) is 7.73. The first-order valence-electron chi connectivity index (χ1n) is 9.71. The van der Waals surface area contributed by atoms with Crippen LogP contribution in [0.15, 0.2) is 29.2 Å². The lowest BCUT2D eigenvalue weighted by Crippen LogP contribution is -2.46. The Bertz CT molecular complexity index is 836. The number of likely N-dealkylation sites (tertiary alicyclic amines) is 1. The van der Waals surface area contributed by atoms with Crippen molar-refractivity contribution in [2.45, 2.75) is 43.9 Å². The predicted molar refractivity (Wildman–Crippen MR) is 99.6 cm³/mol. The Morgan fingerprint density at radius 3 is 2.45 bits per heavy atom. The van der Waals surface area contributed by atoms with Gasteiger partial charge in [-0.1, -0.05) is 13.0 Å². The van der Waals surface area contributed by atoms with E-state index < -0.39 is 22.1 Å². The number of sulfonamides is 1. The van der Waals surface area contributed by atoms with Crippen LogP contribution in [-0.4, -0.2) is 56.1 Å². The summed E-state index contributed by atoms with van der Waals surface area (Å²) in [5, 5.41) is 0. The Morgan fingerprint density at radius 2 is 1.83 bits per heavy atom. The van der Waals surface area contributed by atoms with Gasteiger partial charge in [-0.25, -0.2) is 8.42 Å². The molecule has 162 valence electrons. The topological polar surface area (TPSA) is 66.9 Å². The Hall–Kier alpha value is -1.81. The van der Waals surface area contributed by atoms with Gasteiger partial charge >= 0.3 is 6.36 Å². The normalized spacial score (nSPS) is 22.5. The van der Waals surface area contributed by atoms with E-state index in [0.717, 1.165) is 38.1 Å². The number of hydrogen-bond acceptors (Lipinski definition) is 4. The van der Waals surface area contributed by atoms with Crippen LogP contribution in [0.4, 0.5) is 13.2 Å². The molecule has 1 amide bonds. The van der Waals surface area contributed by atoms with Crippen LogP contribution in [0.5, 0.6) is 5.75 Å². The van der Waals surface area contributed by atoms with Crippen molar-refractivity contribution in [3.8, 4) is 5.75 Å². The van der Waals surface area contributed by atoms with E-state index >= 15 is 0 Å². The van der Waals surface area contributed by atoms with Crippen LogP contribution in [0.1, 0.15) is 32.6 Å². The molecule has 29 heavy (non-hydrogen) atoms. The molecule has 0 aromatic heterocycles. The average molecular weight is 434 g/mol. The molecule has 2 aliphatic heterocycles. The first kappa shape index (κ1) is 21.9. The molecule has 3 rings (SSSR count). The van der Waals surface area contributed by atoms with Crippen molar-refractivity contribution < 1.29 is 31.1 Å². The van der Waals surface area contributed by atoms with Crippen LogP contribution in [0.25, 0.3) is 0 Å². The highest BCUT2D eigenvalue weighted by Crippen LogP contribution is 2.29. The molecule has 10 heteroatoms. The van der Waals surface area contributed by atoms with E-state index in [1.165, 1.54) is 16.4 Å². The minimum Gasteiger partial charge on any atom is -0.406 e. The maximum Gasteiger partial charge on any atom is 0.573 e. The third-order valence-corrected chi connectivity index (χ3v) is 7.34. The van der Waals surface area contributed by atoms with Crippen LogP contribution in [-0.2, 0) is 14.8 Å². The minimum absolute atomic E-state index is 0.0779. The summed E-state index contributed by atoms with van der Waals surface area (Å²) in [6, 6.07) is 4.37. The second-order valence-corrected chi connectivity index (χ2v) is 9.67. The summed E-state index contributed by atoms with van der Waals surface area (Å²) in [4.78, 5) is 14.4. The van der Waals surface area contributed by atoms with E-state index in [1.54, 1.807) is 0 Å². The predicted octanol–water partition coefficient (Wildman–Crippen LogP) is 3.24. The zero-order valence-electron chi connectivity index (χ0n) is 16.2. The summed E-state index contributed by atoms with van der Waals surface area (Å²) in [6.45, 7) is 3.92. The lowest BCUT2D eigenvalue weighted by Gasteiger charge is -2.36. The number of piperidine rings is 2. The summed E-state index contributed by atoms with van der Waals surface area (Å²) in [5.41, 5.74) is 0. The number of rotatable bonds is 4. The van der Waals surface area contributed by atoms with Gasteiger partial charge in [-0.3, -0.25) is 4.79 Å². The molecule has 0 aliphatic carbocycles. The SMILES string of the molecule is CC1CCCN(C(=O)C2CCN(S(=O)(=O)c3cccc(OC(F)(F)F)c3)CC2)C1. The van der Waals surface area contributed by atoms with Gasteiger partial charge in [0.25, 0.3) is 0 Å². The summed E-state index contributed by atoms with van der Waals surface area (Å²) in [5.74, 6) is -0.247. The van der Waals surface area contributed by atoms with Gasteiger partial charge in [0.1, 0.15) is 5.75 Å². The molecule has 0 spiro atoms. The summed E-state index contributed by atoms with van der Waals surface area (Å²) >= 11 is 0. The largest absolute Gasteiger partial charge is 0.573 e. The van der Waals surface area contributed by atoms with E-state index in [0.29, 0.717) is 18.8 Å². The molecular weight excluding hydrogens is 409 g/mol. The molecule has 1 unspecified atom stereocenters. The maximum atomic E-state index is 12.8. The van der Waals surface area contributed by atoms with Gasteiger partial charge in [0, 0.05) is 38.2 Å². The quantitative estimate of drug-likeness (QED) is 0.730. The molecule has 1 aromatic rings. The molecule has 6 nitrogen and oxygen atoms in total. The average Bonchev–Trinajstić information content (AvgIpc) is 2.66. The van der Waals surface area contributed by atoms with E-state index in [9.17, 15) is 26.4 Å². The van der Waals surface area contributed by atoms with E-state index in [4.69, 9.17) is 0 Å². The molecule has 2 aliphatic rings. The van der Waals surface area contributed by atoms with Gasteiger partial charge in [0.15, 0.2) is 0 Å². The minimum atomic E-state index is -4.90. The van der Waals surface area contributed by atoms with Crippen molar-refractivity contribution in [2.75, 3.05) is 26.2 Å². The highest BCUT2D eigenvalue weighted by molar-refractivity contribution is 7.89. The molecule has 2 fully saturated rings. The Balaban J connectivity index is 1.64. The summed E-state index contributed by atoms with van der Waals surface area (Å²) in [7, 11) is -3.96. The third kappa shape index (κ3) is 5.42. The van der Waals surface area contributed by atoms with Gasteiger partial charge in [0.05, 0.1) is 4.90 Å². The van der Waals surface area contributed by atoms with Crippen LogP contribution in [0.3, 0.4) is 0 Å². The van der Waals surface area contributed by atoms with Crippen molar-refractivity contribution in [1.82, 2.24) is 9.21 Å². The number of carbonyl (C=O) groups excluding carboxylic acids is 1. The number of ether oxygens (including phenoxy) is 1. The second kappa shape index (κ2) is 8.51. The number of benzene rings is 1. The smallest absolute Gasteiger partial charge is 0.406 e. The molecule has 2 heterocycles. The van der Waals surface area contributed by atoms with Crippen LogP contribution in [0, 0.1) is 11.8 Å². The van der Waals surface area contributed by atoms with Gasteiger partial charge in [-0.05, 0) is 43.7 Å². The van der Waals surface area contributed by atoms with Crippen molar-refractivity contribution in [3.05, 3.63) is 24.3 Å².